The van der Waals surface area contributed by atoms with E-state index in [-0.39, 0.29) is 29.8 Å². The fraction of sp³-hybridized carbons (Fsp3) is 0.500. The van der Waals surface area contributed by atoms with Crippen LogP contribution in [0.1, 0.15) is 19.8 Å². The van der Waals surface area contributed by atoms with Crippen molar-refractivity contribution in [1.82, 2.24) is 9.62 Å². The highest BCUT2D eigenvalue weighted by molar-refractivity contribution is 7.89. The molecule has 138 valence electrons. The summed E-state index contributed by atoms with van der Waals surface area (Å²) in [5.41, 5.74) is 0. The van der Waals surface area contributed by atoms with Gasteiger partial charge in [0.1, 0.15) is 12.3 Å². The number of hydrogen-bond acceptors (Lipinski definition) is 5. The number of nitrogens with zero attached hydrogens (tertiary/aromatic N) is 1. The van der Waals surface area contributed by atoms with Gasteiger partial charge in [0.15, 0.2) is 0 Å². The number of aliphatic carboxylic acids is 1. The van der Waals surface area contributed by atoms with Crippen LogP contribution in [0.5, 0.6) is 5.75 Å². The van der Waals surface area contributed by atoms with Gasteiger partial charge in [0.05, 0.1) is 11.5 Å². The van der Waals surface area contributed by atoms with Gasteiger partial charge in [-0.25, -0.2) is 8.42 Å². The Kier molecular flexibility index (Phi) is 6.38. The van der Waals surface area contributed by atoms with E-state index in [0.717, 1.165) is 0 Å². The van der Waals surface area contributed by atoms with E-state index >= 15 is 0 Å². The van der Waals surface area contributed by atoms with E-state index in [9.17, 15) is 18.0 Å². The molecular formula is C16H22N2O6S. The van der Waals surface area contributed by atoms with Gasteiger partial charge in [-0.2, -0.15) is 4.31 Å². The second-order valence-electron chi connectivity index (χ2n) is 5.69. The Bertz CT molecular complexity index is 709. The quantitative estimate of drug-likeness (QED) is 0.730. The first-order valence-corrected chi connectivity index (χ1v) is 9.51. The molecule has 1 aliphatic rings. The third-order valence-corrected chi connectivity index (χ3v) is 5.92. The summed E-state index contributed by atoms with van der Waals surface area (Å²) >= 11 is 0. The standard InChI is InChI=1S/C16H22N2O6S/c1-2-24-13-3-5-14(6-4-13)25(22,23)18-9-7-12(8-10-18)16(21)17-11-15(19)20/h3-6,12H,2,7-11H2,1H3,(H,17,21)(H,19,20). The van der Waals surface area contributed by atoms with E-state index in [1.54, 1.807) is 12.1 Å². The molecule has 0 atom stereocenters. The highest BCUT2D eigenvalue weighted by Crippen LogP contribution is 2.25. The number of ether oxygens (including phenoxy) is 1. The fourth-order valence-electron chi connectivity index (χ4n) is 2.69. The molecule has 8 nitrogen and oxygen atoms in total. The summed E-state index contributed by atoms with van der Waals surface area (Å²) in [7, 11) is -3.62. The van der Waals surface area contributed by atoms with Crippen LogP contribution in [0.25, 0.3) is 0 Å². The van der Waals surface area contributed by atoms with E-state index in [4.69, 9.17) is 9.84 Å². The maximum Gasteiger partial charge on any atom is 0.322 e. The summed E-state index contributed by atoms with van der Waals surface area (Å²) in [6.45, 7) is 2.37. The predicted octanol–water partition coefficient (Wildman–Crippen LogP) is 0.687. The summed E-state index contributed by atoms with van der Waals surface area (Å²) in [5.74, 6) is -1.22. The number of hydrogen-bond donors (Lipinski definition) is 2. The monoisotopic (exact) mass is 370 g/mol. The maximum atomic E-state index is 12.7. The predicted molar refractivity (Wildman–Crippen MR) is 89.7 cm³/mol. The zero-order chi connectivity index (χ0) is 18.4. The summed E-state index contributed by atoms with van der Waals surface area (Å²) in [6.07, 6.45) is 0.726. The minimum Gasteiger partial charge on any atom is -0.494 e. The molecule has 1 heterocycles. The lowest BCUT2D eigenvalue weighted by Crippen LogP contribution is -2.43. The van der Waals surface area contributed by atoms with Gasteiger partial charge in [-0.3, -0.25) is 9.59 Å². The topological polar surface area (TPSA) is 113 Å². The van der Waals surface area contributed by atoms with Crippen LogP contribution in [-0.2, 0) is 19.6 Å². The van der Waals surface area contributed by atoms with E-state index < -0.39 is 22.5 Å². The highest BCUT2D eigenvalue weighted by Gasteiger charge is 2.32. The molecule has 1 saturated heterocycles. The van der Waals surface area contributed by atoms with Crippen molar-refractivity contribution in [2.75, 3.05) is 26.2 Å². The van der Waals surface area contributed by atoms with Gasteiger partial charge in [0.25, 0.3) is 0 Å². The molecule has 0 bridgehead atoms. The van der Waals surface area contributed by atoms with Crippen molar-refractivity contribution in [3.63, 3.8) is 0 Å². The van der Waals surface area contributed by atoms with Crippen molar-refractivity contribution in [2.24, 2.45) is 5.92 Å². The van der Waals surface area contributed by atoms with Gasteiger partial charge < -0.3 is 15.2 Å². The van der Waals surface area contributed by atoms with Gasteiger partial charge in [-0.15, -0.1) is 0 Å². The van der Waals surface area contributed by atoms with Crippen molar-refractivity contribution < 1.29 is 27.9 Å². The number of benzene rings is 1. The molecule has 0 unspecified atom stereocenters. The highest BCUT2D eigenvalue weighted by atomic mass is 32.2. The minimum atomic E-state index is -3.62. The lowest BCUT2D eigenvalue weighted by atomic mass is 9.97. The van der Waals surface area contributed by atoms with Crippen LogP contribution in [0.15, 0.2) is 29.2 Å². The third kappa shape index (κ3) is 4.93. The van der Waals surface area contributed by atoms with Crippen LogP contribution in [0, 0.1) is 5.92 Å². The number of carboxylic acids is 1. The van der Waals surface area contributed by atoms with Crippen molar-refractivity contribution in [2.45, 2.75) is 24.7 Å². The number of piperidine rings is 1. The molecule has 1 aliphatic heterocycles. The summed E-state index contributed by atoms with van der Waals surface area (Å²) in [6, 6.07) is 6.24. The van der Waals surface area contributed by atoms with Crippen LogP contribution in [0.4, 0.5) is 0 Å². The first-order chi connectivity index (χ1) is 11.8. The van der Waals surface area contributed by atoms with Crippen LogP contribution < -0.4 is 10.1 Å². The number of rotatable bonds is 7. The Hall–Kier alpha value is -2.13. The Morgan fingerprint density at radius 1 is 1.24 bits per heavy atom. The Labute approximate surface area is 146 Å². The molecule has 0 aromatic heterocycles. The Morgan fingerprint density at radius 2 is 1.84 bits per heavy atom. The SMILES string of the molecule is CCOc1ccc(S(=O)(=O)N2CCC(C(=O)NCC(=O)O)CC2)cc1. The van der Waals surface area contributed by atoms with Gasteiger partial charge >= 0.3 is 5.97 Å². The number of amides is 1. The van der Waals surface area contributed by atoms with Crippen molar-refractivity contribution in [3.8, 4) is 5.75 Å². The number of carbonyl (C=O) groups is 2. The lowest BCUT2D eigenvalue weighted by molar-refractivity contribution is -0.138. The zero-order valence-corrected chi connectivity index (χ0v) is 14.8. The molecule has 2 N–H and O–H groups in total. The molecule has 25 heavy (non-hydrogen) atoms. The molecule has 1 aromatic rings. The Balaban J connectivity index is 1.96. The summed E-state index contributed by atoms with van der Waals surface area (Å²) < 4.78 is 32.0. The van der Waals surface area contributed by atoms with Crippen molar-refractivity contribution in [1.29, 1.82) is 0 Å². The third-order valence-electron chi connectivity index (χ3n) is 4.01. The van der Waals surface area contributed by atoms with Gasteiger partial charge in [-0.05, 0) is 44.0 Å². The molecular weight excluding hydrogens is 348 g/mol. The van der Waals surface area contributed by atoms with Gasteiger partial charge in [0, 0.05) is 19.0 Å². The smallest absolute Gasteiger partial charge is 0.322 e. The van der Waals surface area contributed by atoms with E-state index in [1.165, 1.54) is 16.4 Å². The lowest BCUT2D eigenvalue weighted by Gasteiger charge is -2.30. The van der Waals surface area contributed by atoms with E-state index in [0.29, 0.717) is 25.2 Å². The summed E-state index contributed by atoms with van der Waals surface area (Å²) in [5, 5.41) is 10.9. The number of sulfonamides is 1. The maximum absolute atomic E-state index is 12.7. The molecule has 0 saturated carbocycles. The van der Waals surface area contributed by atoms with Crippen LogP contribution >= 0.6 is 0 Å². The number of nitrogens with one attached hydrogen (secondary N) is 1. The minimum absolute atomic E-state index is 0.185. The molecule has 0 aliphatic carbocycles. The molecule has 2 rings (SSSR count). The van der Waals surface area contributed by atoms with E-state index in [2.05, 4.69) is 5.32 Å². The zero-order valence-electron chi connectivity index (χ0n) is 14.0. The van der Waals surface area contributed by atoms with Gasteiger partial charge in [-0.1, -0.05) is 0 Å². The van der Waals surface area contributed by atoms with Crippen LogP contribution in [0.2, 0.25) is 0 Å². The fourth-order valence-corrected chi connectivity index (χ4v) is 4.16. The molecule has 0 spiro atoms. The first kappa shape index (κ1) is 19.2. The van der Waals surface area contributed by atoms with E-state index in [1.807, 2.05) is 6.92 Å². The average Bonchev–Trinajstić information content (AvgIpc) is 2.60. The number of carbonyl (C=O) groups excluding carboxylic acids is 1. The normalized spacial score (nSPS) is 16.4. The second-order valence-corrected chi connectivity index (χ2v) is 7.63. The number of carboxylic acid groups (broad SMARTS) is 1. The molecule has 9 heteroatoms. The molecule has 0 radical (unpaired) electrons. The summed E-state index contributed by atoms with van der Waals surface area (Å²) in [4.78, 5) is 22.5. The van der Waals surface area contributed by atoms with Crippen LogP contribution in [-0.4, -0.2) is 55.9 Å². The second kappa shape index (κ2) is 8.30. The van der Waals surface area contributed by atoms with Crippen molar-refractivity contribution >= 4 is 21.9 Å². The van der Waals surface area contributed by atoms with Crippen molar-refractivity contribution in [3.05, 3.63) is 24.3 Å². The Morgan fingerprint density at radius 3 is 2.36 bits per heavy atom. The molecule has 1 fully saturated rings. The molecule has 1 amide bonds. The first-order valence-electron chi connectivity index (χ1n) is 8.07. The van der Waals surface area contributed by atoms with Crippen LogP contribution in [0.3, 0.4) is 0 Å². The largest absolute Gasteiger partial charge is 0.494 e. The van der Waals surface area contributed by atoms with Gasteiger partial charge in [0.2, 0.25) is 15.9 Å². The molecule has 1 aromatic carbocycles. The average molecular weight is 370 g/mol.